The number of rotatable bonds is 4. The molecule has 0 atom stereocenters. The molecule has 1 fully saturated rings. The van der Waals surface area contributed by atoms with Crippen LogP contribution in [0, 0.1) is 6.92 Å². The maximum absolute atomic E-state index is 10.6. The molecule has 0 saturated carbocycles. The van der Waals surface area contributed by atoms with Gasteiger partial charge in [-0.3, -0.25) is 9.45 Å². The van der Waals surface area contributed by atoms with Crippen LogP contribution in [0.2, 0.25) is 0 Å². The number of nitrogens with zero attached hydrogens (tertiary/aromatic N) is 1. The number of morpholine rings is 1. The van der Waals surface area contributed by atoms with Gasteiger partial charge in [0.25, 0.3) is 10.1 Å². The van der Waals surface area contributed by atoms with E-state index in [0.29, 0.717) is 5.56 Å². The standard InChI is InChI=1S/C8H17NO.C7H8O3S/c1-2-3-4-9-5-7-10-8-6-9;1-6-4-2-3-5-7(6)11(8,9)10/h2-8H2,1H3;2-5H,1H3,(H,8,9,10). The van der Waals surface area contributed by atoms with Crippen molar-refractivity contribution in [3.05, 3.63) is 29.8 Å². The third-order valence-corrected chi connectivity index (χ3v) is 4.32. The predicted molar refractivity (Wildman–Crippen MR) is 83.2 cm³/mol. The summed E-state index contributed by atoms with van der Waals surface area (Å²) in [6, 6.07) is 6.27. The second-order valence-electron chi connectivity index (χ2n) is 5.05. The average molecular weight is 315 g/mol. The van der Waals surface area contributed by atoms with Gasteiger partial charge in [-0.1, -0.05) is 31.5 Å². The highest BCUT2D eigenvalue weighted by Crippen LogP contribution is 2.12. The summed E-state index contributed by atoms with van der Waals surface area (Å²) in [6.45, 7) is 9.27. The highest BCUT2D eigenvalue weighted by molar-refractivity contribution is 7.85. The number of aryl methyl sites for hydroxylation is 1. The molecule has 2 rings (SSSR count). The minimum Gasteiger partial charge on any atom is -0.379 e. The fraction of sp³-hybridized carbons (Fsp3) is 0.600. The van der Waals surface area contributed by atoms with Crippen LogP contribution >= 0.6 is 0 Å². The molecular weight excluding hydrogens is 290 g/mol. The Balaban J connectivity index is 0.000000211. The molecule has 21 heavy (non-hydrogen) atoms. The van der Waals surface area contributed by atoms with E-state index < -0.39 is 10.1 Å². The number of ether oxygens (including phenoxy) is 1. The Morgan fingerprint density at radius 2 is 1.86 bits per heavy atom. The van der Waals surface area contributed by atoms with E-state index in [-0.39, 0.29) is 4.90 Å². The Hall–Kier alpha value is -0.950. The van der Waals surface area contributed by atoms with Gasteiger partial charge in [-0.2, -0.15) is 8.42 Å². The van der Waals surface area contributed by atoms with Gasteiger partial charge in [0, 0.05) is 13.1 Å². The quantitative estimate of drug-likeness (QED) is 0.864. The van der Waals surface area contributed by atoms with Crippen LogP contribution in [-0.4, -0.2) is 50.7 Å². The summed E-state index contributed by atoms with van der Waals surface area (Å²) in [5, 5.41) is 0. The molecule has 0 radical (unpaired) electrons. The number of hydrogen-bond donors (Lipinski definition) is 1. The molecule has 0 aliphatic carbocycles. The fourth-order valence-electron chi connectivity index (χ4n) is 2.05. The van der Waals surface area contributed by atoms with Gasteiger partial charge in [0.15, 0.2) is 0 Å². The Morgan fingerprint density at radius 1 is 1.24 bits per heavy atom. The van der Waals surface area contributed by atoms with Gasteiger partial charge in [-0.15, -0.1) is 0 Å². The molecule has 0 amide bonds. The second kappa shape index (κ2) is 9.15. The average Bonchev–Trinajstić information content (AvgIpc) is 2.46. The monoisotopic (exact) mass is 315 g/mol. The second-order valence-corrected chi connectivity index (χ2v) is 6.44. The number of unbranched alkanes of at least 4 members (excludes halogenated alkanes) is 1. The SMILES string of the molecule is CCCCN1CCOCC1.Cc1ccccc1S(=O)(=O)O. The lowest BCUT2D eigenvalue weighted by molar-refractivity contribution is 0.0373. The number of hydrogen-bond acceptors (Lipinski definition) is 4. The van der Waals surface area contributed by atoms with E-state index in [4.69, 9.17) is 9.29 Å². The summed E-state index contributed by atoms with van der Waals surface area (Å²) in [4.78, 5) is 2.45. The van der Waals surface area contributed by atoms with Crippen LogP contribution in [0.4, 0.5) is 0 Å². The van der Waals surface area contributed by atoms with E-state index in [1.54, 1.807) is 25.1 Å². The summed E-state index contributed by atoms with van der Waals surface area (Å²) in [6.07, 6.45) is 2.64. The maximum Gasteiger partial charge on any atom is 0.294 e. The van der Waals surface area contributed by atoms with Crippen LogP contribution in [0.1, 0.15) is 25.3 Å². The zero-order valence-corrected chi connectivity index (χ0v) is 13.6. The van der Waals surface area contributed by atoms with Crippen molar-refractivity contribution in [2.75, 3.05) is 32.8 Å². The fourth-order valence-corrected chi connectivity index (χ4v) is 2.78. The first kappa shape index (κ1) is 18.1. The molecule has 0 aromatic heterocycles. The number of benzene rings is 1. The Labute approximate surface area is 127 Å². The van der Waals surface area contributed by atoms with Crippen LogP contribution in [0.3, 0.4) is 0 Å². The summed E-state index contributed by atoms with van der Waals surface area (Å²) >= 11 is 0. The predicted octanol–water partition coefficient (Wildman–Crippen LogP) is 2.36. The lowest BCUT2D eigenvalue weighted by Gasteiger charge is -2.26. The molecule has 1 aliphatic heterocycles. The molecule has 5 nitrogen and oxygen atoms in total. The van der Waals surface area contributed by atoms with E-state index in [0.717, 1.165) is 26.3 Å². The van der Waals surface area contributed by atoms with Gasteiger partial charge in [-0.25, -0.2) is 0 Å². The van der Waals surface area contributed by atoms with Crippen LogP contribution in [0.5, 0.6) is 0 Å². The molecule has 0 spiro atoms. The summed E-state index contributed by atoms with van der Waals surface area (Å²) in [5.41, 5.74) is 0.551. The minimum absolute atomic E-state index is 0.0278. The molecule has 1 aromatic rings. The van der Waals surface area contributed by atoms with Crippen molar-refractivity contribution in [3.63, 3.8) is 0 Å². The summed E-state index contributed by atoms with van der Waals surface area (Å²) in [7, 11) is -4.03. The first-order valence-corrected chi connectivity index (χ1v) is 8.72. The summed E-state index contributed by atoms with van der Waals surface area (Å²) < 4.78 is 35.1. The van der Waals surface area contributed by atoms with Gasteiger partial charge in [0.2, 0.25) is 0 Å². The van der Waals surface area contributed by atoms with Crippen molar-refractivity contribution in [2.24, 2.45) is 0 Å². The van der Waals surface area contributed by atoms with E-state index >= 15 is 0 Å². The third kappa shape index (κ3) is 7.04. The van der Waals surface area contributed by atoms with Crippen LogP contribution in [0.15, 0.2) is 29.2 Å². The topological polar surface area (TPSA) is 66.8 Å². The molecule has 1 aliphatic rings. The molecule has 6 heteroatoms. The van der Waals surface area contributed by atoms with E-state index in [1.807, 2.05) is 0 Å². The van der Waals surface area contributed by atoms with Crippen molar-refractivity contribution in [1.82, 2.24) is 4.90 Å². The summed E-state index contributed by atoms with van der Waals surface area (Å²) in [5.74, 6) is 0. The third-order valence-electron chi connectivity index (χ3n) is 3.30. The largest absolute Gasteiger partial charge is 0.379 e. The van der Waals surface area contributed by atoms with Gasteiger partial charge >= 0.3 is 0 Å². The van der Waals surface area contributed by atoms with Crippen LogP contribution < -0.4 is 0 Å². The lowest BCUT2D eigenvalue weighted by Crippen LogP contribution is -2.36. The van der Waals surface area contributed by atoms with E-state index in [1.165, 1.54) is 25.5 Å². The van der Waals surface area contributed by atoms with Crippen molar-refractivity contribution in [3.8, 4) is 0 Å². The molecule has 1 heterocycles. The Kier molecular flexibility index (Phi) is 7.88. The molecule has 0 unspecified atom stereocenters. The molecule has 120 valence electrons. The molecule has 1 aromatic carbocycles. The maximum atomic E-state index is 10.6. The van der Waals surface area contributed by atoms with Crippen LogP contribution in [-0.2, 0) is 14.9 Å². The van der Waals surface area contributed by atoms with Gasteiger partial charge < -0.3 is 4.74 Å². The molecule has 1 N–H and O–H groups in total. The van der Waals surface area contributed by atoms with E-state index in [2.05, 4.69) is 11.8 Å². The molecule has 0 bridgehead atoms. The zero-order chi connectivity index (χ0) is 15.7. The highest BCUT2D eigenvalue weighted by Gasteiger charge is 2.10. The first-order chi connectivity index (χ1) is 9.95. The van der Waals surface area contributed by atoms with Gasteiger partial charge in [0.1, 0.15) is 0 Å². The van der Waals surface area contributed by atoms with Crippen molar-refractivity contribution < 1.29 is 17.7 Å². The Bertz CT molecular complexity index is 510. The van der Waals surface area contributed by atoms with E-state index in [9.17, 15) is 8.42 Å². The van der Waals surface area contributed by atoms with Crippen molar-refractivity contribution >= 4 is 10.1 Å². The highest BCUT2D eigenvalue weighted by atomic mass is 32.2. The zero-order valence-electron chi connectivity index (χ0n) is 12.8. The van der Waals surface area contributed by atoms with Gasteiger partial charge in [-0.05, 0) is 31.5 Å². The van der Waals surface area contributed by atoms with Crippen molar-refractivity contribution in [1.29, 1.82) is 0 Å². The molecular formula is C15H25NO4S. The Morgan fingerprint density at radius 3 is 2.33 bits per heavy atom. The van der Waals surface area contributed by atoms with Crippen LogP contribution in [0.25, 0.3) is 0 Å². The molecule has 1 saturated heterocycles. The first-order valence-electron chi connectivity index (χ1n) is 7.28. The van der Waals surface area contributed by atoms with Crippen molar-refractivity contribution in [2.45, 2.75) is 31.6 Å². The van der Waals surface area contributed by atoms with Gasteiger partial charge in [0.05, 0.1) is 18.1 Å². The lowest BCUT2D eigenvalue weighted by atomic mass is 10.2. The minimum atomic E-state index is -4.03. The normalized spacial score (nSPS) is 16.1. The smallest absolute Gasteiger partial charge is 0.294 e.